The average Bonchev–Trinajstić information content (AvgIpc) is 3.89. The molecule has 8 nitrogen and oxygen atoms in total. The third-order valence-corrected chi connectivity index (χ3v) is 9.47. The Bertz CT molecular complexity index is 2490. The van der Waals surface area contributed by atoms with Gasteiger partial charge in [0.2, 0.25) is 11.5 Å². The van der Waals surface area contributed by atoms with Crippen LogP contribution in [0.3, 0.4) is 0 Å². The number of fused-ring (bicyclic) bond motifs is 5. The molecule has 51 heavy (non-hydrogen) atoms. The summed E-state index contributed by atoms with van der Waals surface area (Å²) in [4.78, 5) is 23.2. The highest BCUT2D eigenvalue weighted by Crippen LogP contribution is 2.58. The standard InChI is InChI=1S/C43H26O8/c44-41(45)35-17-19-39(48-35)50-37-23-27(21-25-9-1-3-11-29(25)37)43(33-15-7-5-13-31(33)32-14-6-8-16-34(32)43)28-22-26-10-2-4-12-30(26)38(24-28)51-40-20-18-36(49-40)42(46)47/h1-24H,(H,44,45)(H,46,47). The normalized spacial score (nSPS) is 12.8. The molecule has 6 aromatic carbocycles. The summed E-state index contributed by atoms with van der Waals surface area (Å²) in [5, 5.41) is 22.4. The lowest BCUT2D eigenvalue weighted by molar-refractivity contribution is 0.0648. The van der Waals surface area contributed by atoms with Crippen molar-refractivity contribution in [2.24, 2.45) is 0 Å². The Kier molecular flexibility index (Phi) is 6.79. The molecule has 2 N–H and O–H groups in total. The predicted molar refractivity (Wildman–Crippen MR) is 190 cm³/mol. The lowest BCUT2D eigenvalue weighted by atomic mass is 9.67. The van der Waals surface area contributed by atoms with Gasteiger partial charge < -0.3 is 28.5 Å². The highest BCUT2D eigenvalue weighted by atomic mass is 16.6. The molecule has 0 fully saturated rings. The van der Waals surface area contributed by atoms with Crippen molar-refractivity contribution >= 4 is 33.5 Å². The van der Waals surface area contributed by atoms with E-state index in [2.05, 4.69) is 36.4 Å². The summed E-state index contributed by atoms with van der Waals surface area (Å²) in [6.07, 6.45) is 0. The van der Waals surface area contributed by atoms with Crippen LogP contribution in [-0.4, -0.2) is 22.2 Å². The highest BCUT2D eigenvalue weighted by Gasteiger charge is 2.47. The van der Waals surface area contributed by atoms with Crippen molar-refractivity contribution in [1.29, 1.82) is 0 Å². The smallest absolute Gasteiger partial charge is 0.371 e. The maximum Gasteiger partial charge on any atom is 0.371 e. The van der Waals surface area contributed by atoms with Crippen LogP contribution in [0.5, 0.6) is 23.4 Å². The maximum atomic E-state index is 11.6. The van der Waals surface area contributed by atoms with Gasteiger partial charge in [-0.25, -0.2) is 9.59 Å². The van der Waals surface area contributed by atoms with E-state index in [9.17, 15) is 19.8 Å². The van der Waals surface area contributed by atoms with Crippen LogP contribution in [0.2, 0.25) is 0 Å². The zero-order chi connectivity index (χ0) is 34.7. The highest BCUT2D eigenvalue weighted by molar-refractivity contribution is 5.95. The minimum Gasteiger partial charge on any atom is -0.475 e. The fourth-order valence-corrected chi connectivity index (χ4v) is 7.37. The molecule has 0 bridgehead atoms. The molecule has 0 saturated carbocycles. The molecule has 1 aliphatic rings. The number of benzene rings is 6. The van der Waals surface area contributed by atoms with Gasteiger partial charge in [-0.2, -0.15) is 0 Å². The van der Waals surface area contributed by atoms with Gasteiger partial charge in [0.1, 0.15) is 11.5 Å². The maximum absolute atomic E-state index is 11.6. The van der Waals surface area contributed by atoms with E-state index in [0.29, 0.717) is 11.5 Å². The Hall–Kier alpha value is -7.06. The molecule has 0 atom stereocenters. The number of rotatable bonds is 8. The number of aromatic carboxylic acids is 2. The number of hydrogen-bond donors (Lipinski definition) is 2. The van der Waals surface area contributed by atoms with E-state index in [-0.39, 0.29) is 23.4 Å². The van der Waals surface area contributed by atoms with Gasteiger partial charge in [0.25, 0.3) is 11.9 Å². The van der Waals surface area contributed by atoms with Gasteiger partial charge in [0.15, 0.2) is 0 Å². The molecule has 0 aliphatic heterocycles. The van der Waals surface area contributed by atoms with Crippen LogP contribution in [0.1, 0.15) is 43.4 Å². The summed E-state index contributed by atoms with van der Waals surface area (Å²) < 4.78 is 23.8. The lowest BCUT2D eigenvalue weighted by Gasteiger charge is -2.35. The van der Waals surface area contributed by atoms with E-state index < -0.39 is 17.4 Å². The molecule has 2 heterocycles. The van der Waals surface area contributed by atoms with E-state index in [1.165, 1.54) is 24.3 Å². The number of carboxylic acids is 2. The van der Waals surface area contributed by atoms with Crippen molar-refractivity contribution in [2.45, 2.75) is 5.41 Å². The van der Waals surface area contributed by atoms with Gasteiger partial charge in [0.05, 0.1) is 5.41 Å². The van der Waals surface area contributed by atoms with Crippen molar-refractivity contribution in [3.05, 3.63) is 179 Å². The zero-order valence-corrected chi connectivity index (χ0v) is 26.7. The van der Waals surface area contributed by atoms with E-state index >= 15 is 0 Å². The second kappa shape index (κ2) is 11.5. The average molecular weight is 671 g/mol. The number of carboxylic acid groups (broad SMARTS) is 2. The van der Waals surface area contributed by atoms with Crippen LogP contribution in [0.25, 0.3) is 32.7 Å². The lowest BCUT2D eigenvalue weighted by Crippen LogP contribution is -2.28. The Labute approximate surface area is 290 Å². The van der Waals surface area contributed by atoms with Crippen molar-refractivity contribution in [3.8, 4) is 34.5 Å². The molecule has 8 heteroatoms. The molecule has 0 radical (unpaired) electrons. The number of carbonyl (C=O) groups is 2. The summed E-state index contributed by atoms with van der Waals surface area (Å²) in [5.41, 5.74) is 5.14. The molecule has 246 valence electrons. The first-order chi connectivity index (χ1) is 24.9. The second-order valence-corrected chi connectivity index (χ2v) is 12.3. The predicted octanol–water partition coefficient (Wildman–Crippen LogP) is 10.5. The molecule has 0 saturated heterocycles. The topological polar surface area (TPSA) is 119 Å². The summed E-state index contributed by atoms with van der Waals surface area (Å²) in [6.45, 7) is 0. The third kappa shape index (κ3) is 4.76. The van der Waals surface area contributed by atoms with Gasteiger partial charge in [0, 0.05) is 22.9 Å². The summed E-state index contributed by atoms with van der Waals surface area (Å²) >= 11 is 0. The largest absolute Gasteiger partial charge is 0.475 e. The minimum absolute atomic E-state index is 0.0524. The SMILES string of the molecule is O=C(O)c1ccc(Oc2cc(C3(c4cc(Oc5ccc(C(=O)O)o5)c5ccccc5c4)c4ccccc4-c4ccccc43)cc3ccccc23)o1. The van der Waals surface area contributed by atoms with Gasteiger partial charge in [-0.15, -0.1) is 0 Å². The Balaban J connectivity index is 1.34. The second-order valence-electron chi connectivity index (χ2n) is 12.3. The molecule has 0 spiro atoms. The van der Waals surface area contributed by atoms with Crippen LogP contribution in [0, 0.1) is 0 Å². The molecule has 1 aliphatic carbocycles. The van der Waals surface area contributed by atoms with Crippen molar-refractivity contribution in [2.75, 3.05) is 0 Å². The number of furan rings is 2. The first kappa shape index (κ1) is 30.0. The Morgan fingerprint density at radius 1 is 0.490 bits per heavy atom. The molecule has 2 aromatic heterocycles. The van der Waals surface area contributed by atoms with Crippen LogP contribution in [-0.2, 0) is 5.41 Å². The molecule has 8 aromatic rings. The van der Waals surface area contributed by atoms with Crippen LogP contribution < -0.4 is 9.47 Å². The van der Waals surface area contributed by atoms with Crippen molar-refractivity contribution < 1.29 is 38.1 Å². The molecule has 9 rings (SSSR count). The van der Waals surface area contributed by atoms with Crippen molar-refractivity contribution in [1.82, 2.24) is 0 Å². The Morgan fingerprint density at radius 3 is 1.33 bits per heavy atom. The Morgan fingerprint density at radius 2 is 0.902 bits per heavy atom. The summed E-state index contributed by atoms with van der Waals surface area (Å²) in [7, 11) is 0. The van der Waals surface area contributed by atoms with Crippen molar-refractivity contribution in [3.63, 3.8) is 0 Å². The van der Waals surface area contributed by atoms with Gasteiger partial charge in [-0.3, -0.25) is 0 Å². The number of hydrogen-bond acceptors (Lipinski definition) is 6. The minimum atomic E-state index is -1.19. The van der Waals surface area contributed by atoms with E-state index in [4.69, 9.17) is 18.3 Å². The van der Waals surface area contributed by atoms with Crippen LogP contribution >= 0.6 is 0 Å². The summed E-state index contributed by atoms with van der Waals surface area (Å²) in [5.74, 6) is -1.75. The molecular formula is C43H26O8. The fraction of sp³-hybridized carbons (Fsp3) is 0.0233. The van der Waals surface area contributed by atoms with Crippen LogP contribution in [0.15, 0.2) is 154 Å². The monoisotopic (exact) mass is 670 g/mol. The molecule has 0 unspecified atom stereocenters. The van der Waals surface area contributed by atoms with Crippen LogP contribution in [0.4, 0.5) is 0 Å². The first-order valence-corrected chi connectivity index (χ1v) is 16.2. The fourth-order valence-electron chi connectivity index (χ4n) is 7.37. The molecular weight excluding hydrogens is 644 g/mol. The van der Waals surface area contributed by atoms with Gasteiger partial charge >= 0.3 is 11.9 Å². The van der Waals surface area contributed by atoms with E-state index in [1.54, 1.807) is 0 Å². The zero-order valence-electron chi connectivity index (χ0n) is 26.7. The van der Waals surface area contributed by atoms with E-state index in [0.717, 1.165) is 54.9 Å². The van der Waals surface area contributed by atoms with Gasteiger partial charge in [-0.1, -0.05) is 97.1 Å². The van der Waals surface area contributed by atoms with Gasteiger partial charge in [-0.05, 0) is 80.6 Å². The first-order valence-electron chi connectivity index (χ1n) is 16.2. The molecule has 0 amide bonds. The summed E-state index contributed by atoms with van der Waals surface area (Å²) in [6, 6.07) is 46.4. The van der Waals surface area contributed by atoms with E-state index in [1.807, 2.05) is 84.9 Å². The third-order valence-electron chi connectivity index (χ3n) is 9.47. The quantitative estimate of drug-likeness (QED) is 0.164. The number of ether oxygens (including phenoxy) is 2.